The number of carbonyl (C=O) groups is 1. The number of benzene rings is 2. The van der Waals surface area contributed by atoms with E-state index >= 15 is 0 Å². The molecule has 9 heteroatoms. The Kier molecular flexibility index (Phi) is 10.0. The monoisotopic (exact) mass is 508 g/mol. The first-order chi connectivity index (χ1) is 15.8. The van der Waals surface area contributed by atoms with Gasteiger partial charge in [-0.15, -0.1) is 0 Å². The molecule has 0 fully saturated rings. The molecule has 0 spiro atoms. The number of Topliss-reactive ketones (excluding diaryl/α,β-unsaturated/α-hetero) is 1. The molecule has 34 heavy (non-hydrogen) atoms. The fraction of sp³-hybridized carbons (Fsp3) is 0.480. The van der Waals surface area contributed by atoms with E-state index in [9.17, 15) is 23.7 Å². The highest BCUT2D eigenvalue weighted by molar-refractivity contribution is 7.57. The van der Waals surface area contributed by atoms with Gasteiger partial charge in [0, 0.05) is 12.8 Å². The Morgan fingerprint density at radius 2 is 1.03 bits per heavy atom. The van der Waals surface area contributed by atoms with Crippen molar-refractivity contribution in [3.05, 3.63) is 71.8 Å². The minimum Gasteiger partial charge on any atom is -0.333 e. The molecule has 4 unspecified atom stereocenters. The molecule has 0 saturated carbocycles. The van der Waals surface area contributed by atoms with Gasteiger partial charge in [-0.3, -0.25) is 24.9 Å². The van der Waals surface area contributed by atoms with Gasteiger partial charge in [0.2, 0.25) is 0 Å². The minimum absolute atomic E-state index is 0.114. The van der Waals surface area contributed by atoms with E-state index in [1.807, 2.05) is 36.4 Å². The van der Waals surface area contributed by atoms with Crippen molar-refractivity contribution in [1.82, 2.24) is 0 Å². The quantitative estimate of drug-likeness (QED) is 0.187. The molecular weight excluding hydrogens is 470 g/mol. The van der Waals surface area contributed by atoms with Crippen molar-refractivity contribution in [3.63, 3.8) is 0 Å². The molecule has 0 heterocycles. The van der Waals surface area contributed by atoms with Crippen molar-refractivity contribution in [3.8, 4) is 0 Å². The Bertz CT molecular complexity index is 941. The summed E-state index contributed by atoms with van der Waals surface area (Å²) in [6.45, 7) is 3.40. The molecule has 6 N–H and O–H groups in total. The Hall–Kier alpha value is -1.59. The number of unbranched alkanes of at least 4 members (excludes halogenated alkanes) is 2. The van der Waals surface area contributed by atoms with Gasteiger partial charge in [-0.1, -0.05) is 73.5 Å². The molecule has 0 aromatic heterocycles. The third-order valence-electron chi connectivity index (χ3n) is 6.94. The van der Waals surface area contributed by atoms with Crippen LogP contribution < -0.4 is 11.0 Å². The van der Waals surface area contributed by atoms with Crippen molar-refractivity contribution in [2.75, 3.05) is 0 Å². The fourth-order valence-corrected chi connectivity index (χ4v) is 6.28. The molecule has 0 aliphatic carbocycles. The van der Waals surface area contributed by atoms with Gasteiger partial charge in [0.25, 0.3) is 15.0 Å². The van der Waals surface area contributed by atoms with E-state index in [1.54, 1.807) is 38.1 Å². The van der Waals surface area contributed by atoms with E-state index in [-0.39, 0.29) is 5.78 Å². The molecule has 4 atom stereocenters. The van der Waals surface area contributed by atoms with E-state index in [2.05, 4.69) is 0 Å². The summed E-state index contributed by atoms with van der Waals surface area (Å²) in [7, 11) is -7.78. The van der Waals surface area contributed by atoms with E-state index in [1.165, 1.54) is 0 Å². The van der Waals surface area contributed by atoms with Crippen LogP contribution in [0, 0.1) is 0 Å². The third kappa shape index (κ3) is 7.21. The number of hydrogen-bond donors (Lipinski definition) is 4. The van der Waals surface area contributed by atoms with Gasteiger partial charge in [0.15, 0.2) is 0 Å². The highest BCUT2D eigenvalue weighted by Gasteiger charge is 2.42. The first-order valence-corrected chi connectivity index (χ1v) is 15.1. The van der Waals surface area contributed by atoms with Crippen LogP contribution in [-0.2, 0) is 24.2 Å². The van der Waals surface area contributed by atoms with Gasteiger partial charge in [0.05, 0.1) is 10.3 Å². The molecule has 2 aromatic carbocycles. The number of carbonyl (C=O) groups excluding carboxylic acids is 1. The number of hydrogen-bond acceptors (Lipinski definition) is 3. The SMILES string of the molecule is CC(CCCCC(=O)CCCCC(C)(c1ccccc1)P(N)(=O)O)(c1ccccc1)P(N)(=O)O. The van der Waals surface area contributed by atoms with Crippen molar-refractivity contribution in [2.24, 2.45) is 11.0 Å². The highest BCUT2D eigenvalue weighted by Crippen LogP contribution is 2.57. The van der Waals surface area contributed by atoms with Crippen molar-refractivity contribution in [1.29, 1.82) is 0 Å². The van der Waals surface area contributed by atoms with Crippen LogP contribution in [0.3, 0.4) is 0 Å². The second-order valence-electron chi connectivity index (χ2n) is 9.48. The number of ketones is 1. The van der Waals surface area contributed by atoms with Gasteiger partial charge in [-0.25, -0.2) is 0 Å². The zero-order valence-corrected chi connectivity index (χ0v) is 21.9. The molecular formula is C25H38N2O5P2. The van der Waals surface area contributed by atoms with Crippen LogP contribution >= 0.6 is 15.0 Å². The van der Waals surface area contributed by atoms with Gasteiger partial charge < -0.3 is 9.79 Å². The zero-order chi connectivity index (χ0) is 25.5. The fourth-order valence-electron chi connectivity index (χ4n) is 4.28. The summed E-state index contributed by atoms with van der Waals surface area (Å²) >= 11 is 0. The van der Waals surface area contributed by atoms with Gasteiger partial charge in [-0.05, 0) is 50.7 Å². The van der Waals surface area contributed by atoms with Crippen molar-refractivity contribution in [2.45, 2.75) is 75.5 Å². The first kappa shape index (κ1) is 28.6. The van der Waals surface area contributed by atoms with Crippen molar-refractivity contribution >= 4 is 20.8 Å². The molecule has 0 amide bonds. The molecule has 0 aliphatic rings. The van der Waals surface area contributed by atoms with Crippen LogP contribution in [0.4, 0.5) is 0 Å². The van der Waals surface area contributed by atoms with Crippen LogP contribution in [-0.4, -0.2) is 15.6 Å². The van der Waals surface area contributed by atoms with E-state index < -0.39 is 25.4 Å². The van der Waals surface area contributed by atoms with Gasteiger partial charge in [-0.2, -0.15) is 0 Å². The summed E-state index contributed by atoms with van der Waals surface area (Å²) in [6.07, 6.45) is 4.01. The lowest BCUT2D eigenvalue weighted by Crippen LogP contribution is -2.26. The van der Waals surface area contributed by atoms with Crippen LogP contribution in [0.1, 0.15) is 76.3 Å². The maximum absolute atomic E-state index is 12.4. The van der Waals surface area contributed by atoms with E-state index in [0.29, 0.717) is 51.4 Å². The zero-order valence-electron chi connectivity index (χ0n) is 20.1. The summed E-state index contributed by atoms with van der Waals surface area (Å²) in [5.41, 5.74) is 12.8. The minimum atomic E-state index is -3.89. The van der Waals surface area contributed by atoms with E-state index in [4.69, 9.17) is 11.0 Å². The van der Waals surface area contributed by atoms with Crippen LogP contribution in [0.25, 0.3) is 0 Å². The Morgan fingerprint density at radius 1 is 0.706 bits per heavy atom. The molecule has 0 bridgehead atoms. The standard InChI is InChI=1S/C25H38N2O5P2/c1-24(33(26,29)30,21-13-5-3-6-14-21)19-11-9-17-23(28)18-10-12-20-25(2,34(27,31)32)22-15-7-4-8-16-22/h3-8,13-16H,9-12,17-20H2,1-2H3,(H3,26,29,30)(H3,27,31,32). The second kappa shape index (κ2) is 11.9. The van der Waals surface area contributed by atoms with Crippen LogP contribution in [0.2, 0.25) is 0 Å². The Labute approximate surface area is 203 Å². The topological polar surface area (TPSA) is 144 Å². The Balaban J connectivity index is 1.81. The Morgan fingerprint density at radius 3 is 1.32 bits per heavy atom. The first-order valence-electron chi connectivity index (χ1n) is 11.7. The highest BCUT2D eigenvalue weighted by atomic mass is 31.2. The van der Waals surface area contributed by atoms with Crippen molar-refractivity contribution < 1.29 is 23.7 Å². The average Bonchev–Trinajstić information content (AvgIpc) is 2.79. The maximum atomic E-state index is 12.4. The summed E-state index contributed by atoms with van der Waals surface area (Å²) in [5.74, 6) is 0.114. The summed E-state index contributed by atoms with van der Waals surface area (Å²) in [6, 6.07) is 18.2. The summed E-state index contributed by atoms with van der Waals surface area (Å²) in [5, 5.41) is -2.11. The lowest BCUT2D eigenvalue weighted by molar-refractivity contribution is -0.119. The lowest BCUT2D eigenvalue weighted by atomic mass is 9.92. The lowest BCUT2D eigenvalue weighted by Gasteiger charge is -2.32. The molecule has 0 saturated heterocycles. The largest absolute Gasteiger partial charge is 0.333 e. The molecule has 7 nitrogen and oxygen atoms in total. The molecule has 2 aromatic rings. The molecule has 0 radical (unpaired) electrons. The summed E-state index contributed by atoms with van der Waals surface area (Å²) in [4.78, 5) is 32.7. The third-order valence-corrected chi connectivity index (χ3v) is 10.7. The number of rotatable bonds is 14. The average molecular weight is 509 g/mol. The smallest absolute Gasteiger partial charge is 0.274 e. The molecule has 2 rings (SSSR count). The second-order valence-corrected chi connectivity index (χ2v) is 13.9. The van der Waals surface area contributed by atoms with Gasteiger partial charge in [0.1, 0.15) is 5.78 Å². The predicted octanol–water partition coefficient (Wildman–Crippen LogP) is 5.80. The van der Waals surface area contributed by atoms with Crippen LogP contribution in [0.5, 0.6) is 0 Å². The van der Waals surface area contributed by atoms with Gasteiger partial charge >= 0.3 is 0 Å². The van der Waals surface area contributed by atoms with E-state index in [0.717, 1.165) is 11.1 Å². The molecule has 0 aliphatic heterocycles. The summed E-state index contributed by atoms with van der Waals surface area (Å²) < 4.78 is 24.8. The van der Waals surface area contributed by atoms with Crippen LogP contribution in [0.15, 0.2) is 60.7 Å². The maximum Gasteiger partial charge on any atom is 0.274 e. The normalized spacial score (nSPS) is 18.8. The number of nitrogens with two attached hydrogens (primary N) is 2. The molecule has 188 valence electrons. The predicted molar refractivity (Wildman–Crippen MR) is 138 cm³/mol.